The zero-order chi connectivity index (χ0) is 21.0. The first-order chi connectivity index (χ1) is 13.9. The van der Waals surface area contributed by atoms with E-state index in [-0.39, 0.29) is 22.9 Å². The van der Waals surface area contributed by atoms with Gasteiger partial charge < -0.3 is 25.6 Å². The molecule has 0 atom stereocenters. The monoisotopic (exact) mass is 415 g/mol. The van der Waals surface area contributed by atoms with Gasteiger partial charge in [0, 0.05) is 29.1 Å². The smallest absolute Gasteiger partial charge is 0.256 e. The van der Waals surface area contributed by atoms with Gasteiger partial charge in [0.25, 0.3) is 5.91 Å². The summed E-state index contributed by atoms with van der Waals surface area (Å²) in [5.74, 6) is 0.269. The molecule has 29 heavy (non-hydrogen) atoms. The largest absolute Gasteiger partial charge is 0.508 e. The van der Waals surface area contributed by atoms with Crippen molar-refractivity contribution in [2.75, 3.05) is 19.5 Å². The van der Waals surface area contributed by atoms with Gasteiger partial charge in [-0.1, -0.05) is 17.7 Å². The van der Waals surface area contributed by atoms with E-state index in [4.69, 9.17) is 26.8 Å². The first kappa shape index (κ1) is 20.0. The number of aromatic hydroxyl groups is 1. The number of nitrogens with one attached hydrogen (secondary N) is 2. The van der Waals surface area contributed by atoms with Crippen molar-refractivity contribution in [2.45, 2.75) is 0 Å². The predicted molar refractivity (Wildman–Crippen MR) is 110 cm³/mol. The van der Waals surface area contributed by atoms with Gasteiger partial charge in [-0.15, -0.1) is 0 Å². The molecule has 3 rings (SSSR count). The van der Waals surface area contributed by atoms with E-state index in [9.17, 15) is 9.90 Å². The van der Waals surface area contributed by atoms with Gasteiger partial charge in [0.05, 0.1) is 19.8 Å². The lowest BCUT2D eigenvalue weighted by molar-refractivity contribution is 0.100. The number of aliphatic imine (C=N–C) groups is 1. The highest BCUT2D eigenvalue weighted by atomic mass is 35.5. The highest BCUT2D eigenvalue weighted by Gasteiger charge is 2.19. The van der Waals surface area contributed by atoms with Gasteiger partial charge in [0.2, 0.25) is 0 Å². The number of carbonyl (C=O) groups excluding carboxylic acids is 1. The number of hydrogen-bond donors (Lipinski definition) is 4. The molecule has 1 heterocycles. The Hall–Kier alpha value is -3.72. The fourth-order valence-electron chi connectivity index (χ4n) is 2.63. The second-order valence-electron chi connectivity index (χ2n) is 5.82. The van der Waals surface area contributed by atoms with Crippen molar-refractivity contribution in [2.24, 2.45) is 10.7 Å². The number of hydrogen-bond acceptors (Lipinski definition) is 7. The fourth-order valence-corrected chi connectivity index (χ4v) is 2.82. The number of phenolic OH excluding ortho intramolecular Hbond substituents is 1. The fraction of sp³-hybridized carbons (Fsp3) is 0.105. The minimum absolute atomic E-state index is 0.0248. The summed E-state index contributed by atoms with van der Waals surface area (Å²) < 4.78 is 10.5. The SMILES string of the molecule is COc1cc(O)cc(OC)c1/C=N/c1[nH]nc(Nc2cccc(Cl)c2)c1C(N)=O. The van der Waals surface area contributed by atoms with Gasteiger partial charge in [0.1, 0.15) is 22.8 Å². The molecule has 10 heteroatoms. The first-order valence-corrected chi connectivity index (χ1v) is 8.70. The number of nitrogens with zero attached hydrogens (tertiary/aromatic N) is 2. The minimum Gasteiger partial charge on any atom is -0.508 e. The van der Waals surface area contributed by atoms with E-state index >= 15 is 0 Å². The van der Waals surface area contributed by atoms with Crippen molar-refractivity contribution in [1.29, 1.82) is 0 Å². The maximum atomic E-state index is 12.0. The molecule has 0 aliphatic carbocycles. The molecular weight excluding hydrogens is 398 g/mol. The molecule has 0 unspecified atom stereocenters. The summed E-state index contributed by atoms with van der Waals surface area (Å²) in [6, 6.07) is 9.75. The molecule has 3 aromatic rings. The highest BCUT2D eigenvalue weighted by Crippen LogP contribution is 2.33. The van der Waals surface area contributed by atoms with Crippen LogP contribution in [0.5, 0.6) is 17.2 Å². The van der Waals surface area contributed by atoms with Gasteiger partial charge in [0.15, 0.2) is 11.6 Å². The Bertz CT molecular complexity index is 1060. The zero-order valence-corrected chi connectivity index (χ0v) is 16.3. The number of rotatable bonds is 7. The van der Waals surface area contributed by atoms with Crippen LogP contribution in [0.1, 0.15) is 15.9 Å². The number of H-pyrrole nitrogens is 1. The number of nitrogens with two attached hydrogens (primary N) is 1. The molecule has 150 valence electrons. The number of aromatic amines is 1. The van der Waals surface area contributed by atoms with E-state index in [1.807, 2.05) is 0 Å². The molecule has 1 aromatic heterocycles. The highest BCUT2D eigenvalue weighted by molar-refractivity contribution is 6.30. The molecule has 0 radical (unpaired) electrons. The van der Waals surface area contributed by atoms with Crippen LogP contribution in [0, 0.1) is 0 Å². The van der Waals surface area contributed by atoms with Crippen LogP contribution < -0.4 is 20.5 Å². The number of carbonyl (C=O) groups is 1. The predicted octanol–water partition coefficient (Wildman–Crippen LogP) is 3.38. The third kappa shape index (κ3) is 4.41. The molecular formula is C19H18ClN5O4. The van der Waals surface area contributed by atoms with Gasteiger partial charge >= 0.3 is 0 Å². The Morgan fingerprint density at radius 1 is 1.28 bits per heavy atom. The number of aromatic nitrogens is 2. The number of benzene rings is 2. The first-order valence-electron chi connectivity index (χ1n) is 8.32. The van der Waals surface area contributed by atoms with E-state index in [0.717, 1.165) is 0 Å². The number of anilines is 2. The third-order valence-electron chi connectivity index (χ3n) is 3.93. The quantitative estimate of drug-likeness (QED) is 0.437. The van der Waals surface area contributed by atoms with Gasteiger partial charge in [-0.3, -0.25) is 9.89 Å². The maximum absolute atomic E-state index is 12.0. The van der Waals surface area contributed by atoms with Gasteiger partial charge in [-0.05, 0) is 18.2 Å². The number of ether oxygens (including phenoxy) is 2. The van der Waals surface area contributed by atoms with Crippen LogP contribution in [0.4, 0.5) is 17.3 Å². The molecule has 0 aliphatic rings. The Morgan fingerprint density at radius 3 is 2.55 bits per heavy atom. The van der Waals surface area contributed by atoms with Crippen LogP contribution >= 0.6 is 11.6 Å². The van der Waals surface area contributed by atoms with E-state index < -0.39 is 5.91 Å². The second-order valence-corrected chi connectivity index (χ2v) is 6.25. The molecule has 2 aromatic carbocycles. The number of amides is 1. The lowest BCUT2D eigenvalue weighted by Gasteiger charge is -2.10. The number of phenols is 1. The van der Waals surface area contributed by atoms with E-state index in [1.165, 1.54) is 32.6 Å². The van der Waals surface area contributed by atoms with Crippen LogP contribution in [0.25, 0.3) is 0 Å². The Labute approximate surface area is 171 Å². The summed E-state index contributed by atoms with van der Waals surface area (Å²) in [5, 5.41) is 20.0. The van der Waals surface area contributed by atoms with Crippen LogP contribution in [-0.4, -0.2) is 41.6 Å². The van der Waals surface area contributed by atoms with E-state index in [1.54, 1.807) is 24.3 Å². The van der Waals surface area contributed by atoms with Crippen LogP contribution in [0.15, 0.2) is 41.4 Å². The summed E-state index contributed by atoms with van der Waals surface area (Å²) in [5.41, 5.74) is 6.68. The molecule has 0 fully saturated rings. The summed E-state index contributed by atoms with van der Waals surface area (Å²) in [4.78, 5) is 16.3. The number of halogens is 1. The topological polar surface area (TPSA) is 135 Å². The Balaban J connectivity index is 1.98. The van der Waals surface area contributed by atoms with Crippen molar-refractivity contribution < 1.29 is 19.4 Å². The number of primary amides is 1. The third-order valence-corrected chi connectivity index (χ3v) is 4.17. The summed E-state index contributed by atoms with van der Waals surface area (Å²) in [7, 11) is 2.90. The zero-order valence-electron chi connectivity index (χ0n) is 15.6. The Kier molecular flexibility index (Phi) is 5.89. The molecule has 0 saturated heterocycles. The van der Waals surface area contributed by atoms with Crippen molar-refractivity contribution in [3.05, 3.63) is 52.5 Å². The molecule has 5 N–H and O–H groups in total. The van der Waals surface area contributed by atoms with Gasteiger partial charge in [-0.25, -0.2) is 4.99 Å². The molecule has 1 amide bonds. The van der Waals surface area contributed by atoms with E-state index in [2.05, 4.69) is 20.5 Å². The van der Waals surface area contributed by atoms with Crippen molar-refractivity contribution in [1.82, 2.24) is 10.2 Å². The lowest BCUT2D eigenvalue weighted by Crippen LogP contribution is -2.12. The summed E-state index contributed by atoms with van der Waals surface area (Å²) in [6.45, 7) is 0. The molecule has 0 aliphatic heterocycles. The maximum Gasteiger partial charge on any atom is 0.256 e. The van der Waals surface area contributed by atoms with Crippen LogP contribution in [0.3, 0.4) is 0 Å². The molecule has 0 bridgehead atoms. The van der Waals surface area contributed by atoms with Crippen LogP contribution in [-0.2, 0) is 0 Å². The van der Waals surface area contributed by atoms with Crippen molar-refractivity contribution in [3.63, 3.8) is 0 Å². The molecule has 9 nitrogen and oxygen atoms in total. The average molecular weight is 416 g/mol. The lowest BCUT2D eigenvalue weighted by atomic mass is 10.1. The molecule has 0 saturated carbocycles. The van der Waals surface area contributed by atoms with Crippen LogP contribution in [0.2, 0.25) is 5.02 Å². The normalized spacial score (nSPS) is 10.9. The summed E-state index contributed by atoms with van der Waals surface area (Å²) in [6.07, 6.45) is 1.42. The van der Waals surface area contributed by atoms with Crippen molar-refractivity contribution in [3.8, 4) is 17.2 Å². The van der Waals surface area contributed by atoms with Gasteiger partial charge in [-0.2, -0.15) is 5.10 Å². The average Bonchev–Trinajstić information content (AvgIpc) is 3.08. The Morgan fingerprint density at radius 2 is 1.97 bits per heavy atom. The second kappa shape index (κ2) is 8.53. The summed E-state index contributed by atoms with van der Waals surface area (Å²) >= 11 is 5.98. The van der Waals surface area contributed by atoms with E-state index in [0.29, 0.717) is 27.8 Å². The number of methoxy groups -OCH3 is 2. The van der Waals surface area contributed by atoms with Crippen molar-refractivity contribution >= 4 is 41.0 Å². The minimum atomic E-state index is -0.722. The molecule has 0 spiro atoms. The standard InChI is InChI=1S/C19H18ClN5O4/c1-28-14-7-12(26)8-15(29-2)13(14)9-22-18-16(17(21)27)19(25-24-18)23-11-5-3-4-10(20)6-11/h3-9,26H,1-2H3,(H2,21,27)(H2,23,24,25)/b22-9+.